The fourth-order valence-electron chi connectivity index (χ4n) is 1.04. The summed E-state index contributed by atoms with van der Waals surface area (Å²) in [6.07, 6.45) is 1.66. The Labute approximate surface area is 72.2 Å². The Morgan fingerprint density at radius 3 is 2.67 bits per heavy atom. The molecule has 1 atom stereocenters. The lowest BCUT2D eigenvalue weighted by Gasteiger charge is -2.17. The van der Waals surface area contributed by atoms with Crippen LogP contribution in [0, 0.1) is 5.92 Å². The first kappa shape index (κ1) is 9.19. The van der Waals surface area contributed by atoms with Crippen molar-refractivity contribution in [1.82, 2.24) is 14.8 Å². The summed E-state index contributed by atoms with van der Waals surface area (Å²) in [5.74, 6) is 1.16. The van der Waals surface area contributed by atoms with Crippen LogP contribution < -0.4 is 0 Å². The Bertz CT molecular complexity index is 244. The largest absolute Gasteiger partial charge is 0.388 e. The van der Waals surface area contributed by atoms with Crippen molar-refractivity contribution in [2.24, 2.45) is 5.92 Å². The standard InChI is InChI=1S/C8H15N3O/c1-6(2)7(3)11-5-9-10-8(11)4-12/h5-7,12H,4H2,1-3H3. The van der Waals surface area contributed by atoms with Gasteiger partial charge in [0, 0.05) is 6.04 Å². The third-order valence-electron chi connectivity index (χ3n) is 2.19. The molecule has 68 valence electrons. The van der Waals surface area contributed by atoms with E-state index in [1.54, 1.807) is 6.33 Å². The minimum absolute atomic E-state index is 0.0446. The van der Waals surface area contributed by atoms with Gasteiger partial charge in [-0.3, -0.25) is 0 Å². The quantitative estimate of drug-likeness (QED) is 0.734. The highest BCUT2D eigenvalue weighted by atomic mass is 16.3. The van der Waals surface area contributed by atoms with Gasteiger partial charge in [-0.2, -0.15) is 0 Å². The maximum Gasteiger partial charge on any atom is 0.158 e. The van der Waals surface area contributed by atoms with Crippen molar-refractivity contribution in [2.45, 2.75) is 33.4 Å². The van der Waals surface area contributed by atoms with Crippen LogP contribution in [0.2, 0.25) is 0 Å². The normalized spacial score (nSPS) is 13.8. The van der Waals surface area contributed by atoms with Gasteiger partial charge in [0.25, 0.3) is 0 Å². The van der Waals surface area contributed by atoms with Crippen molar-refractivity contribution in [2.75, 3.05) is 0 Å². The third kappa shape index (κ3) is 1.64. The second kappa shape index (κ2) is 3.67. The average molecular weight is 169 g/mol. The van der Waals surface area contributed by atoms with E-state index in [2.05, 4.69) is 31.0 Å². The molecule has 1 aromatic rings. The molecule has 4 heteroatoms. The minimum atomic E-state index is -0.0446. The van der Waals surface area contributed by atoms with Crippen LogP contribution in [0.1, 0.15) is 32.6 Å². The molecule has 0 amide bonds. The van der Waals surface area contributed by atoms with E-state index in [1.165, 1.54) is 0 Å². The third-order valence-corrected chi connectivity index (χ3v) is 2.19. The zero-order valence-electron chi connectivity index (χ0n) is 7.73. The lowest BCUT2D eigenvalue weighted by molar-refractivity contribution is 0.255. The lowest BCUT2D eigenvalue weighted by atomic mass is 10.1. The highest BCUT2D eigenvalue weighted by Gasteiger charge is 2.12. The van der Waals surface area contributed by atoms with E-state index in [0.29, 0.717) is 17.8 Å². The average Bonchev–Trinajstić information content (AvgIpc) is 2.49. The highest BCUT2D eigenvalue weighted by molar-refractivity contribution is 4.86. The first-order chi connectivity index (χ1) is 5.66. The van der Waals surface area contributed by atoms with Crippen LogP contribution in [0.4, 0.5) is 0 Å². The van der Waals surface area contributed by atoms with E-state index >= 15 is 0 Å². The molecule has 0 saturated heterocycles. The first-order valence-electron chi connectivity index (χ1n) is 4.16. The van der Waals surface area contributed by atoms with Gasteiger partial charge in [0.05, 0.1) is 0 Å². The molecule has 0 bridgehead atoms. The molecular formula is C8H15N3O. The Morgan fingerprint density at radius 1 is 1.50 bits per heavy atom. The molecule has 1 heterocycles. The Balaban J connectivity index is 2.86. The molecule has 0 spiro atoms. The van der Waals surface area contributed by atoms with Crippen molar-refractivity contribution >= 4 is 0 Å². The van der Waals surface area contributed by atoms with E-state index < -0.39 is 0 Å². The number of hydrogen-bond donors (Lipinski definition) is 1. The number of aromatic nitrogens is 3. The second-order valence-electron chi connectivity index (χ2n) is 3.30. The van der Waals surface area contributed by atoms with Gasteiger partial charge in [-0.25, -0.2) is 0 Å². The van der Waals surface area contributed by atoms with E-state index in [9.17, 15) is 0 Å². The molecule has 0 aliphatic rings. The molecule has 1 N–H and O–H groups in total. The molecule has 0 aliphatic carbocycles. The summed E-state index contributed by atoms with van der Waals surface area (Å²) in [5.41, 5.74) is 0. The van der Waals surface area contributed by atoms with E-state index in [-0.39, 0.29) is 6.61 Å². The van der Waals surface area contributed by atoms with E-state index in [1.807, 2.05) is 4.57 Å². The Hall–Kier alpha value is -0.900. The van der Waals surface area contributed by atoms with Crippen LogP contribution in [0.25, 0.3) is 0 Å². The molecular weight excluding hydrogens is 154 g/mol. The lowest BCUT2D eigenvalue weighted by Crippen LogP contribution is -2.13. The summed E-state index contributed by atoms with van der Waals surface area (Å²) < 4.78 is 1.91. The van der Waals surface area contributed by atoms with Gasteiger partial charge in [0.15, 0.2) is 5.82 Å². The molecule has 1 unspecified atom stereocenters. The molecule has 0 fully saturated rings. The molecule has 0 saturated carbocycles. The maximum atomic E-state index is 8.91. The SMILES string of the molecule is CC(C)C(C)n1cnnc1CO. The van der Waals surface area contributed by atoms with Crippen LogP contribution in [0.3, 0.4) is 0 Å². The van der Waals surface area contributed by atoms with Gasteiger partial charge in [-0.05, 0) is 12.8 Å². The zero-order valence-corrected chi connectivity index (χ0v) is 7.73. The number of rotatable bonds is 3. The topological polar surface area (TPSA) is 50.9 Å². The predicted octanol–water partition coefficient (Wildman–Crippen LogP) is 0.987. The van der Waals surface area contributed by atoms with Gasteiger partial charge < -0.3 is 9.67 Å². The second-order valence-corrected chi connectivity index (χ2v) is 3.30. The Kier molecular flexibility index (Phi) is 2.81. The number of aliphatic hydroxyl groups excluding tert-OH is 1. The van der Waals surface area contributed by atoms with Crippen molar-refractivity contribution in [3.05, 3.63) is 12.2 Å². The smallest absolute Gasteiger partial charge is 0.158 e. The number of aliphatic hydroxyl groups is 1. The van der Waals surface area contributed by atoms with Crippen molar-refractivity contribution in [3.63, 3.8) is 0 Å². The molecule has 12 heavy (non-hydrogen) atoms. The highest BCUT2D eigenvalue weighted by Crippen LogP contribution is 2.17. The van der Waals surface area contributed by atoms with Crippen molar-refractivity contribution in [3.8, 4) is 0 Å². The Morgan fingerprint density at radius 2 is 2.17 bits per heavy atom. The summed E-state index contributed by atoms with van der Waals surface area (Å²) in [6, 6.07) is 0.335. The molecule has 0 aliphatic heterocycles. The van der Waals surface area contributed by atoms with Gasteiger partial charge in [-0.15, -0.1) is 10.2 Å². The van der Waals surface area contributed by atoms with E-state index in [4.69, 9.17) is 5.11 Å². The maximum absolute atomic E-state index is 8.91. The zero-order chi connectivity index (χ0) is 9.14. The summed E-state index contributed by atoms with van der Waals surface area (Å²) >= 11 is 0. The minimum Gasteiger partial charge on any atom is -0.388 e. The van der Waals surface area contributed by atoms with Crippen LogP contribution in [-0.2, 0) is 6.61 Å². The van der Waals surface area contributed by atoms with Crippen LogP contribution >= 0.6 is 0 Å². The molecule has 0 aromatic carbocycles. The fourth-order valence-corrected chi connectivity index (χ4v) is 1.04. The number of hydrogen-bond acceptors (Lipinski definition) is 3. The van der Waals surface area contributed by atoms with Crippen LogP contribution in [0.15, 0.2) is 6.33 Å². The molecule has 0 radical (unpaired) electrons. The van der Waals surface area contributed by atoms with Gasteiger partial charge in [0.2, 0.25) is 0 Å². The van der Waals surface area contributed by atoms with Gasteiger partial charge in [0.1, 0.15) is 12.9 Å². The summed E-state index contributed by atoms with van der Waals surface area (Å²) in [5, 5.41) is 16.5. The monoisotopic (exact) mass is 169 g/mol. The van der Waals surface area contributed by atoms with Gasteiger partial charge >= 0.3 is 0 Å². The summed E-state index contributed by atoms with van der Waals surface area (Å²) in [7, 11) is 0. The molecule has 1 rings (SSSR count). The molecule has 1 aromatic heterocycles. The van der Waals surface area contributed by atoms with Crippen LogP contribution in [0.5, 0.6) is 0 Å². The summed E-state index contributed by atoms with van der Waals surface area (Å²) in [6.45, 7) is 6.31. The summed E-state index contributed by atoms with van der Waals surface area (Å²) in [4.78, 5) is 0. The van der Waals surface area contributed by atoms with Crippen molar-refractivity contribution < 1.29 is 5.11 Å². The first-order valence-corrected chi connectivity index (χ1v) is 4.16. The van der Waals surface area contributed by atoms with E-state index in [0.717, 1.165) is 0 Å². The number of nitrogens with zero attached hydrogens (tertiary/aromatic N) is 3. The molecule has 4 nitrogen and oxygen atoms in total. The van der Waals surface area contributed by atoms with Gasteiger partial charge in [-0.1, -0.05) is 13.8 Å². The fraction of sp³-hybridized carbons (Fsp3) is 0.750. The van der Waals surface area contributed by atoms with Crippen LogP contribution in [-0.4, -0.2) is 19.9 Å². The predicted molar refractivity (Wildman–Crippen MR) is 45.5 cm³/mol. The van der Waals surface area contributed by atoms with Crippen molar-refractivity contribution in [1.29, 1.82) is 0 Å².